The number of rotatable bonds is 4. The van der Waals surface area contributed by atoms with Crippen molar-refractivity contribution in [3.05, 3.63) is 46.2 Å². The largest absolute Gasteiger partial charge is 0.497 e. The highest BCUT2D eigenvalue weighted by molar-refractivity contribution is 7.10. The maximum absolute atomic E-state index is 5.24. The molecule has 6 heteroatoms. The van der Waals surface area contributed by atoms with Crippen LogP contribution >= 0.6 is 11.3 Å². The molecule has 1 saturated heterocycles. The number of benzene rings is 1. The number of methoxy groups -OCH3 is 1. The highest BCUT2D eigenvalue weighted by atomic mass is 32.1. The van der Waals surface area contributed by atoms with Crippen LogP contribution in [0, 0.1) is 6.92 Å². The Morgan fingerprint density at radius 2 is 1.88 bits per heavy atom. The van der Waals surface area contributed by atoms with Gasteiger partial charge < -0.3 is 19.9 Å². The Morgan fingerprint density at radius 3 is 2.44 bits per heavy atom. The van der Waals surface area contributed by atoms with E-state index in [1.165, 1.54) is 16.1 Å². The van der Waals surface area contributed by atoms with E-state index in [1.807, 2.05) is 19.2 Å². The first-order valence-corrected chi connectivity index (χ1v) is 9.47. The molecular weight excluding hydrogens is 332 g/mol. The Hall–Kier alpha value is -2.21. The fraction of sp³-hybridized carbons (Fsp3) is 0.421. The van der Waals surface area contributed by atoms with Crippen molar-refractivity contribution in [2.45, 2.75) is 13.5 Å². The highest BCUT2D eigenvalue weighted by Gasteiger charge is 2.20. The van der Waals surface area contributed by atoms with Crippen molar-refractivity contribution in [1.82, 2.24) is 10.2 Å². The van der Waals surface area contributed by atoms with E-state index in [2.05, 4.69) is 50.6 Å². The zero-order chi connectivity index (χ0) is 17.6. The molecule has 0 aliphatic carbocycles. The molecule has 1 aliphatic rings. The number of aryl methyl sites for hydroxylation is 1. The summed E-state index contributed by atoms with van der Waals surface area (Å²) in [5.74, 6) is 1.89. The van der Waals surface area contributed by atoms with E-state index >= 15 is 0 Å². The van der Waals surface area contributed by atoms with Gasteiger partial charge in [-0.2, -0.15) is 0 Å². The number of hydrogen-bond acceptors (Lipinski definition) is 4. The molecule has 0 atom stereocenters. The van der Waals surface area contributed by atoms with Gasteiger partial charge in [0.15, 0.2) is 5.96 Å². The number of ether oxygens (including phenoxy) is 1. The Morgan fingerprint density at radius 1 is 1.16 bits per heavy atom. The molecule has 2 heterocycles. The van der Waals surface area contributed by atoms with Gasteiger partial charge in [0.2, 0.25) is 0 Å². The van der Waals surface area contributed by atoms with Crippen molar-refractivity contribution in [2.75, 3.05) is 45.2 Å². The van der Waals surface area contributed by atoms with E-state index in [1.54, 1.807) is 18.4 Å². The molecule has 0 spiro atoms. The van der Waals surface area contributed by atoms with Crippen LogP contribution in [-0.4, -0.2) is 51.2 Å². The van der Waals surface area contributed by atoms with Gasteiger partial charge in [-0.3, -0.25) is 4.99 Å². The minimum Gasteiger partial charge on any atom is -0.497 e. The fourth-order valence-corrected chi connectivity index (χ4v) is 3.89. The third kappa shape index (κ3) is 4.25. The zero-order valence-electron chi connectivity index (χ0n) is 15.2. The fourth-order valence-electron chi connectivity index (χ4n) is 3.05. The lowest BCUT2D eigenvalue weighted by Crippen LogP contribution is -2.52. The van der Waals surface area contributed by atoms with E-state index in [0.717, 1.165) is 44.4 Å². The molecule has 1 aromatic carbocycles. The summed E-state index contributed by atoms with van der Waals surface area (Å²) in [5.41, 5.74) is 2.59. The molecule has 3 rings (SSSR count). The topological polar surface area (TPSA) is 40.1 Å². The maximum Gasteiger partial charge on any atom is 0.194 e. The molecule has 1 aromatic heterocycles. The van der Waals surface area contributed by atoms with Gasteiger partial charge in [-0.25, -0.2) is 0 Å². The first-order valence-electron chi connectivity index (χ1n) is 8.59. The molecule has 0 unspecified atom stereocenters. The number of nitrogens with one attached hydrogen (secondary N) is 1. The first-order chi connectivity index (χ1) is 12.2. The van der Waals surface area contributed by atoms with Crippen molar-refractivity contribution in [2.24, 2.45) is 4.99 Å². The summed E-state index contributed by atoms with van der Waals surface area (Å²) in [7, 11) is 3.56. The van der Waals surface area contributed by atoms with Gasteiger partial charge in [0, 0.05) is 43.8 Å². The summed E-state index contributed by atoms with van der Waals surface area (Å²) in [6.45, 7) is 6.92. The quantitative estimate of drug-likeness (QED) is 0.674. The first kappa shape index (κ1) is 17.6. The smallest absolute Gasteiger partial charge is 0.194 e. The normalized spacial score (nSPS) is 15.4. The van der Waals surface area contributed by atoms with E-state index in [0.29, 0.717) is 0 Å². The Bertz CT molecular complexity index is 702. The highest BCUT2D eigenvalue weighted by Crippen LogP contribution is 2.20. The lowest BCUT2D eigenvalue weighted by atomic mass is 10.2. The summed E-state index contributed by atoms with van der Waals surface area (Å²) in [6, 6.07) is 10.5. The second-order valence-corrected chi connectivity index (χ2v) is 7.10. The zero-order valence-corrected chi connectivity index (χ0v) is 16.0. The van der Waals surface area contributed by atoms with Crippen LogP contribution in [0.2, 0.25) is 0 Å². The van der Waals surface area contributed by atoms with Crippen molar-refractivity contribution in [3.8, 4) is 5.75 Å². The number of hydrogen-bond donors (Lipinski definition) is 1. The van der Waals surface area contributed by atoms with Crippen LogP contribution in [0.4, 0.5) is 5.69 Å². The number of aliphatic imine (C=N–C) groups is 1. The van der Waals surface area contributed by atoms with E-state index in [-0.39, 0.29) is 0 Å². The molecule has 134 valence electrons. The Balaban J connectivity index is 1.54. The van der Waals surface area contributed by atoms with Crippen LogP contribution in [0.1, 0.15) is 10.4 Å². The maximum atomic E-state index is 5.24. The van der Waals surface area contributed by atoms with Crippen LogP contribution in [0.25, 0.3) is 0 Å². The van der Waals surface area contributed by atoms with Gasteiger partial charge in [-0.15, -0.1) is 11.3 Å². The minimum absolute atomic E-state index is 0.842. The molecule has 0 saturated carbocycles. The molecule has 5 nitrogen and oxygen atoms in total. The van der Waals surface area contributed by atoms with E-state index < -0.39 is 0 Å². The molecule has 25 heavy (non-hydrogen) atoms. The molecule has 1 aliphatic heterocycles. The standard InChI is InChI=1S/C19H26N4OS/c1-15-8-13-25-18(15)14-21-19(20-2)23-11-9-22(10-12-23)16-4-6-17(24-3)7-5-16/h4-8,13H,9-12,14H2,1-3H3,(H,20,21). The summed E-state index contributed by atoms with van der Waals surface area (Å²) < 4.78 is 5.24. The minimum atomic E-state index is 0.842. The second-order valence-electron chi connectivity index (χ2n) is 6.10. The van der Waals surface area contributed by atoms with Crippen molar-refractivity contribution < 1.29 is 4.74 Å². The Kier molecular flexibility index (Phi) is 5.81. The summed E-state index contributed by atoms with van der Waals surface area (Å²) in [4.78, 5) is 10.6. The molecule has 2 aromatic rings. The molecule has 0 bridgehead atoms. The number of guanidine groups is 1. The van der Waals surface area contributed by atoms with Gasteiger partial charge in [0.25, 0.3) is 0 Å². The van der Waals surface area contributed by atoms with Crippen molar-refractivity contribution in [1.29, 1.82) is 0 Å². The Labute approximate surface area is 153 Å². The van der Waals surface area contributed by atoms with E-state index in [4.69, 9.17) is 4.74 Å². The molecule has 1 fully saturated rings. The summed E-state index contributed by atoms with van der Waals surface area (Å²) >= 11 is 1.79. The summed E-state index contributed by atoms with van der Waals surface area (Å²) in [5, 5.41) is 5.64. The van der Waals surface area contributed by atoms with Gasteiger partial charge in [0.1, 0.15) is 5.75 Å². The van der Waals surface area contributed by atoms with Crippen LogP contribution in [-0.2, 0) is 6.54 Å². The van der Waals surface area contributed by atoms with E-state index in [9.17, 15) is 0 Å². The monoisotopic (exact) mass is 358 g/mol. The van der Waals surface area contributed by atoms with Crippen molar-refractivity contribution >= 4 is 23.0 Å². The lowest BCUT2D eigenvalue weighted by Gasteiger charge is -2.37. The van der Waals surface area contributed by atoms with Crippen LogP contribution < -0.4 is 15.0 Å². The number of nitrogens with zero attached hydrogens (tertiary/aromatic N) is 3. The molecular formula is C19H26N4OS. The average molecular weight is 359 g/mol. The third-order valence-electron chi connectivity index (χ3n) is 4.60. The summed E-state index contributed by atoms with van der Waals surface area (Å²) in [6.07, 6.45) is 0. The van der Waals surface area contributed by atoms with Crippen LogP contribution in [0.5, 0.6) is 5.75 Å². The number of anilines is 1. The SMILES string of the molecule is CN=C(NCc1sccc1C)N1CCN(c2ccc(OC)cc2)CC1. The van der Waals surface area contributed by atoms with Crippen LogP contribution in [0.15, 0.2) is 40.7 Å². The average Bonchev–Trinajstić information content (AvgIpc) is 3.08. The van der Waals surface area contributed by atoms with Crippen molar-refractivity contribution in [3.63, 3.8) is 0 Å². The van der Waals surface area contributed by atoms with Gasteiger partial charge >= 0.3 is 0 Å². The molecule has 0 radical (unpaired) electrons. The number of thiophene rings is 1. The predicted octanol–water partition coefficient (Wildman–Crippen LogP) is 2.96. The molecule has 1 N–H and O–H groups in total. The number of piperazine rings is 1. The van der Waals surface area contributed by atoms with Gasteiger partial charge in [-0.1, -0.05) is 0 Å². The van der Waals surface area contributed by atoms with Crippen LogP contribution in [0.3, 0.4) is 0 Å². The third-order valence-corrected chi connectivity index (χ3v) is 5.63. The molecule has 0 amide bonds. The van der Waals surface area contributed by atoms with Gasteiger partial charge in [0.05, 0.1) is 13.7 Å². The lowest BCUT2D eigenvalue weighted by molar-refractivity contribution is 0.372. The van der Waals surface area contributed by atoms with Gasteiger partial charge in [-0.05, 0) is 48.2 Å². The second kappa shape index (κ2) is 8.25. The predicted molar refractivity (Wildman–Crippen MR) is 106 cm³/mol.